The van der Waals surface area contributed by atoms with E-state index >= 15 is 0 Å². The Morgan fingerprint density at radius 3 is 3.12 bits per heavy atom. The van der Waals surface area contributed by atoms with Gasteiger partial charge in [0.15, 0.2) is 5.82 Å². The second-order valence-electron chi connectivity index (χ2n) is 4.43. The van der Waals surface area contributed by atoms with E-state index in [-0.39, 0.29) is 18.1 Å². The van der Waals surface area contributed by atoms with Gasteiger partial charge in [-0.25, -0.2) is 0 Å². The zero-order chi connectivity index (χ0) is 12.3. The summed E-state index contributed by atoms with van der Waals surface area (Å²) in [6, 6.07) is 0.0388. The summed E-state index contributed by atoms with van der Waals surface area (Å²) in [5.74, 6) is 1.26. The van der Waals surface area contributed by atoms with E-state index in [1.807, 2.05) is 6.92 Å². The maximum Gasteiger partial charge on any atom is 0.233 e. The van der Waals surface area contributed by atoms with Gasteiger partial charge in [0, 0.05) is 26.2 Å². The fourth-order valence-electron chi connectivity index (χ4n) is 1.85. The average Bonchev–Trinajstić information content (AvgIpc) is 2.78. The largest absolute Gasteiger partial charge is 0.381 e. The van der Waals surface area contributed by atoms with Crippen LogP contribution in [0.1, 0.15) is 31.0 Å². The Bertz CT molecular complexity index is 355. The van der Waals surface area contributed by atoms with Crippen molar-refractivity contribution in [2.24, 2.45) is 5.73 Å². The summed E-state index contributed by atoms with van der Waals surface area (Å²) in [4.78, 5) is 4.35. The van der Waals surface area contributed by atoms with Gasteiger partial charge >= 0.3 is 0 Å². The van der Waals surface area contributed by atoms with E-state index in [0.717, 1.165) is 6.42 Å². The molecule has 6 nitrogen and oxygen atoms in total. The van der Waals surface area contributed by atoms with Crippen molar-refractivity contribution < 1.29 is 14.0 Å². The fourth-order valence-corrected chi connectivity index (χ4v) is 1.85. The van der Waals surface area contributed by atoms with E-state index in [1.165, 1.54) is 0 Å². The highest BCUT2D eigenvalue weighted by Crippen LogP contribution is 2.23. The van der Waals surface area contributed by atoms with E-state index < -0.39 is 0 Å². The Labute approximate surface area is 100 Å². The third-order valence-electron chi connectivity index (χ3n) is 3.08. The fraction of sp³-hybridized carbons (Fsp3) is 0.818. The maximum atomic E-state index is 6.02. The minimum Gasteiger partial charge on any atom is -0.381 e. The first-order chi connectivity index (χ1) is 8.20. The molecule has 17 heavy (non-hydrogen) atoms. The molecule has 1 aliphatic rings. The van der Waals surface area contributed by atoms with E-state index in [0.29, 0.717) is 31.3 Å². The molecular weight excluding hydrogens is 222 g/mol. The normalized spacial score (nSPS) is 27.0. The van der Waals surface area contributed by atoms with Crippen molar-refractivity contribution in [2.45, 2.75) is 37.8 Å². The monoisotopic (exact) mass is 241 g/mol. The first-order valence-corrected chi connectivity index (χ1v) is 5.89. The molecule has 0 radical (unpaired) electrons. The minimum absolute atomic E-state index is 0.0165. The average molecular weight is 241 g/mol. The summed E-state index contributed by atoms with van der Waals surface area (Å²) in [5.41, 5.74) is 6.02. The quantitative estimate of drug-likeness (QED) is 0.825. The molecule has 6 heteroatoms. The lowest BCUT2D eigenvalue weighted by molar-refractivity contribution is 0.0590. The van der Waals surface area contributed by atoms with Crippen molar-refractivity contribution >= 4 is 0 Å². The number of nitrogens with zero attached hydrogens (tertiary/aromatic N) is 2. The lowest BCUT2D eigenvalue weighted by Crippen LogP contribution is -2.37. The van der Waals surface area contributed by atoms with Crippen LogP contribution in [0.3, 0.4) is 0 Å². The third-order valence-corrected chi connectivity index (χ3v) is 3.08. The number of nitrogens with two attached hydrogens (primary N) is 1. The summed E-state index contributed by atoms with van der Waals surface area (Å²) in [6.45, 7) is 3.23. The lowest BCUT2D eigenvalue weighted by atomic mass is 9.97. The number of hydrogen-bond acceptors (Lipinski definition) is 6. The van der Waals surface area contributed by atoms with Crippen LogP contribution in [0.2, 0.25) is 0 Å². The van der Waals surface area contributed by atoms with Gasteiger partial charge in [0.1, 0.15) is 0 Å². The van der Waals surface area contributed by atoms with E-state index in [2.05, 4.69) is 10.1 Å². The molecule has 0 aromatic carbocycles. The molecule has 3 unspecified atom stereocenters. The molecule has 0 spiro atoms. The predicted octanol–water partition coefficient (Wildman–Crippen LogP) is 0.478. The molecule has 2 N–H and O–H groups in total. The first-order valence-electron chi connectivity index (χ1n) is 5.89. The van der Waals surface area contributed by atoms with Crippen LogP contribution in [0, 0.1) is 0 Å². The molecule has 1 aromatic rings. The van der Waals surface area contributed by atoms with Crippen LogP contribution in [-0.4, -0.2) is 42.6 Å². The van der Waals surface area contributed by atoms with Gasteiger partial charge in [0.05, 0.1) is 18.6 Å². The molecule has 96 valence electrons. The van der Waals surface area contributed by atoms with E-state index in [1.54, 1.807) is 7.11 Å². The topological polar surface area (TPSA) is 83.4 Å². The molecule has 3 atom stereocenters. The van der Waals surface area contributed by atoms with Crippen molar-refractivity contribution in [3.63, 3.8) is 0 Å². The summed E-state index contributed by atoms with van der Waals surface area (Å²) in [6.07, 6.45) is 1.55. The van der Waals surface area contributed by atoms with Crippen molar-refractivity contribution in [3.05, 3.63) is 11.7 Å². The number of hydrogen-bond donors (Lipinski definition) is 1. The number of aromatic nitrogens is 2. The summed E-state index contributed by atoms with van der Waals surface area (Å²) in [7, 11) is 1.66. The maximum absolute atomic E-state index is 6.02. The highest BCUT2D eigenvalue weighted by molar-refractivity contribution is 5.00. The van der Waals surface area contributed by atoms with Crippen LogP contribution in [-0.2, 0) is 15.9 Å². The molecule has 2 rings (SSSR count). The molecule has 1 fully saturated rings. The summed E-state index contributed by atoms with van der Waals surface area (Å²) < 4.78 is 15.8. The van der Waals surface area contributed by atoms with Gasteiger partial charge in [0.25, 0.3) is 0 Å². The Morgan fingerprint density at radius 1 is 1.59 bits per heavy atom. The Kier molecular flexibility index (Phi) is 4.09. The van der Waals surface area contributed by atoms with Gasteiger partial charge in [-0.15, -0.1) is 0 Å². The van der Waals surface area contributed by atoms with Crippen LogP contribution >= 0.6 is 0 Å². The van der Waals surface area contributed by atoms with Crippen LogP contribution in [0.4, 0.5) is 0 Å². The first kappa shape index (κ1) is 12.5. The molecule has 2 heterocycles. The van der Waals surface area contributed by atoms with Gasteiger partial charge in [-0.05, 0) is 13.3 Å². The third kappa shape index (κ3) is 3.02. The second-order valence-corrected chi connectivity index (χ2v) is 4.43. The molecule has 0 amide bonds. The number of methoxy groups -OCH3 is 1. The van der Waals surface area contributed by atoms with Crippen molar-refractivity contribution in [2.75, 3.05) is 20.3 Å². The zero-order valence-corrected chi connectivity index (χ0v) is 10.3. The van der Waals surface area contributed by atoms with Crippen molar-refractivity contribution in [1.82, 2.24) is 10.1 Å². The lowest BCUT2D eigenvalue weighted by Gasteiger charge is -2.25. The van der Waals surface area contributed by atoms with Gasteiger partial charge < -0.3 is 19.7 Å². The van der Waals surface area contributed by atoms with E-state index in [9.17, 15) is 0 Å². The van der Waals surface area contributed by atoms with Gasteiger partial charge in [-0.3, -0.25) is 0 Å². The molecule has 0 saturated carbocycles. The van der Waals surface area contributed by atoms with Crippen LogP contribution < -0.4 is 5.73 Å². The second kappa shape index (κ2) is 5.57. The van der Waals surface area contributed by atoms with Gasteiger partial charge in [-0.2, -0.15) is 4.98 Å². The van der Waals surface area contributed by atoms with Crippen LogP contribution in [0.15, 0.2) is 4.52 Å². The Balaban J connectivity index is 2.01. The standard InChI is InChI=1S/C11H19N3O3/c1-7(15-2)5-10-13-11(17-14-10)8-6-16-4-3-9(8)12/h7-9H,3-6,12H2,1-2H3. The van der Waals surface area contributed by atoms with Crippen LogP contribution in [0.5, 0.6) is 0 Å². The molecular formula is C11H19N3O3. The smallest absolute Gasteiger partial charge is 0.233 e. The van der Waals surface area contributed by atoms with Crippen LogP contribution in [0.25, 0.3) is 0 Å². The zero-order valence-electron chi connectivity index (χ0n) is 10.3. The SMILES string of the molecule is COC(C)Cc1noc(C2COCCC2N)n1. The highest BCUT2D eigenvalue weighted by Gasteiger charge is 2.29. The molecule has 1 aromatic heterocycles. The summed E-state index contributed by atoms with van der Waals surface area (Å²) >= 11 is 0. The Morgan fingerprint density at radius 2 is 2.41 bits per heavy atom. The van der Waals surface area contributed by atoms with E-state index in [4.69, 9.17) is 19.7 Å². The number of ether oxygens (including phenoxy) is 2. The molecule has 1 saturated heterocycles. The predicted molar refractivity (Wildman–Crippen MR) is 60.6 cm³/mol. The van der Waals surface area contributed by atoms with Crippen molar-refractivity contribution in [1.29, 1.82) is 0 Å². The Hall–Kier alpha value is -0.980. The van der Waals surface area contributed by atoms with Gasteiger partial charge in [0.2, 0.25) is 5.89 Å². The highest BCUT2D eigenvalue weighted by atomic mass is 16.5. The molecule has 0 aliphatic carbocycles. The minimum atomic E-state index is 0.0165. The number of rotatable bonds is 4. The van der Waals surface area contributed by atoms with Crippen molar-refractivity contribution in [3.8, 4) is 0 Å². The summed E-state index contributed by atoms with van der Waals surface area (Å²) in [5, 5.41) is 3.94. The molecule has 1 aliphatic heterocycles. The molecule has 0 bridgehead atoms. The van der Waals surface area contributed by atoms with Gasteiger partial charge in [-0.1, -0.05) is 5.16 Å².